The zero-order valence-electron chi connectivity index (χ0n) is 20.9. The van der Waals surface area contributed by atoms with Crippen molar-refractivity contribution in [2.24, 2.45) is 22.7 Å². The Morgan fingerprint density at radius 3 is 1.75 bits per heavy atom. The van der Waals surface area contributed by atoms with E-state index in [1.165, 1.54) is 37.7 Å². The minimum Gasteiger partial charge on any atom is -0.396 e. The first kappa shape index (κ1) is 31.5. The van der Waals surface area contributed by atoms with Crippen LogP contribution in [0.5, 0.6) is 0 Å². The lowest BCUT2D eigenvalue weighted by Crippen LogP contribution is -2.43. The molecular formula is C25H50O7. The van der Waals surface area contributed by atoms with E-state index in [9.17, 15) is 25.5 Å². The molecule has 0 heterocycles. The lowest BCUT2D eigenvalue weighted by atomic mass is 9.90. The summed E-state index contributed by atoms with van der Waals surface area (Å²) in [5, 5.41) is 47.6. The average molecular weight is 463 g/mol. The topological polar surface area (TPSA) is 120 Å². The first-order chi connectivity index (χ1) is 15.2. The molecule has 0 aliphatic rings. The van der Waals surface area contributed by atoms with Gasteiger partial charge in [-0.25, -0.2) is 0 Å². The summed E-state index contributed by atoms with van der Waals surface area (Å²) in [6.07, 6.45) is 9.39. The number of hydrogen-bond acceptors (Lipinski definition) is 7. The zero-order chi connectivity index (χ0) is 24.5. The van der Waals surface area contributed by atoms with Crippen LogP contribution in [0.1, 0.15) is 66.2 Å². The van der Waals surface area contributed by atoms with Crippen molar-refractivity contribution in [1.82, 2.24) is 0 Å². The van der Waals surface area contributed by atoms with Crippen molar-refractivity contribution in [1.29, 1.82) is 0 Å². The predicted octanol–water partition coefficient (Wildman–Crippen LogP) is 2.53. The smallest absolute Gasteiger partial charge is 0.0650 e. The third-order valence-corrected chi connectivity index (χ3v) is 6.20. The van der Waals surface area contributed by atoms with E-state index in [1.54, 1.807) is 0 Å². The summed E-state index contributed by atoms with van der Waals surface area (Å²) in [4.78, 5) is 0. The summed E-state index contributed by atoms with van der Waals surface area (Å²) in [5.41, 5.74) is -0.865. The Morgan fingerprint density at radius 2 is 1.22 bits per heavy atom. The number of aliphatic hydroxyl groups excluding tert-OH is 5. The predicted molar refractivity (Wildman–Crippen MR) is 127 cm³/mol. The third kappa shape index (κ3) is 13.2. The largest absolute Gasteiger partial charge is 0.396 e. The molecule has 32 heavy (non-hydrogen) atoms. The van der Waals surface area contributed by atoms with Crippen LogP contribution >= 0.6 is 0 Å². The number of aliphatic hydroxyl groups is 5. The zero-order valence-corrected chi connectivity index (χ0v) is 20.9. The Morgan fingerprint density at radius 1 is 0.719 bits per heavy atom. The van der Waals surface area contributed by atoms with Gasteiger partial charge in [0.2, 0.25) is 0 Å². The van der Waals surface area contributed by atoms with E-state index >= 15 is 0 Å². The maximum Gasteiger partial charge on any atom is 0.0650 e. The molecule has 0 aromatic heterocycles. The highest BCUT2D eigenvalue weighted by atomic mass is 16.5. The van der Waals surface area contributed by atoms with E-state index in [0.717, 1.165) is 18.3 Å². The molecule has 0 spiro atoms. The van der Waals surface area contributed by atoms with Crippen molar-refractivity contribution in [3.63, 3.8) is 0 Å². The fourth-order valence-electron chi connectivity index (χ4n) is 3.37. The van der Waals surface area contributed by atoms with E-state index in [2.05, 4.69) is 27.7 Å². The van der Waals surface area contributed by atoms with Gasteiger partial charge in [0.15, 0.2) is 0 Å². The van der Waals surface area contributed by atoms with Gasteiger partial charge in [0.05, 0.1) is 70.3 Å². The fraction of sp³-hybridized carbons (Fsp3) is 0.920. The lowest BCUT2D eigenvalue weighted by molar-refractivity contribution is -0.109. The van der Waals surface area contributed by atoms with Crippen LogP contribution in [0.2, 0.25) is 0 Å². The molecule has 192 valence electrons. The second kappa shape index (κ2) is 17.9. The fourth-order valence-corrected chi connectivity index (χ4v) is 3.37. The Kier molecular flexibility index (Phi) is 17.6. The van der Waals surface area contributed by atoms with Crippen LogP contribution in [0, 0.1) is 22.7 Å². The Labute approximate surface area is 195 Å². The van der Waals surface area contributed by atoms with Crippen molar-refractivity contribution in [3.8, 4) is 0 Å². The molecule has 0 rings (SSSR count). The van der Waals surface area contributed by atoms with E-state index in [0.29, 0.717) is 6.61 Å². The monoisotopic (exact) mass is 462 g/mol. The van der Waals surface area contributed by atoms with Gasteiger partial charge >= 0.3 is 0 Å². The van der Waals surface area contributed by atoms with E-state index in [4.69, 9.17) is 9.47 Å². The Balaban J connectivity index is 4.29. The quantitative estimate of drug-likeness (QED) is 0.131. The van der Waals surface area contributed by atoms with Crippen LogP contribution in [-0.2, 0) is 9.47 Å². The SMILES string of the molecule is CC(=CCOCC(CO)(CO)COCC(CO)(CO)CO)CCCC(C)CCCC(C)C. The molecule has 0 aromatic carbocycles. The van der Waals surface area contributed by atoms with Crippen molar-refractivity contribution in [2.45, 2.75) is 66.2 Å². The lowest BCUT2D eigenvalue weighted by Gasteiger charge is -2.32. The molecule has 0 saturated heterocycles. The Bertz CT molecular complexity index is 463. The molecule has 0 fully saturated rings. The molecule has 5 N–H and O–H groups in total. The van der Waals surface area contributed by atoms with Gasteiger partial charge in [0.1, 0.15) is 0 Å². The summed E-state index contributed by atoms with van der Waals surface area (Å²) >= 11 is 0. The average Bonchev–Trinajstić information content (AvgIpc) is 2.78. The summed E-state index contributed by atoms with van der Waals surface area (Å²) in [5.74, 6) is 1.54. The summed E-state index contributed by atoms with van der Waals surface area (Å²) < 4.78 is 11.2. The van der Waals surface area contributed by atoms with Crippen LogP contribution in [0.25, 0.3) is 0 Å². The van der Waals surface area contributed by atoms with Crippen LogP contribution in [0.15, 0.2) is 11.6 Å². The van der Waals surface area contributed by atoms with Crippen LogP contribution in [-0.4, -0.2) is 85.0 Å². The molecule has 0 aliphatic heterocycles. The van der Waals surface area contributed by atoms with Crippen molar-refractivity contribution in [2.75, 3.05) is 59.5 Å². The number of hydrogen-bond donors (Lipinski definition) is 5. The molecule has 0 saturated carbocycles. The Hall–Kier alpha value is -0.540. The summed E-state index contributed by atoms with van der Waals surface area (Å²) in [6.45, 7) is 7.44. The molecule has 0 amide bonds. The van der Waals surface area contributed by atoms with Crippen molar-refractivity contribution >= 4 is 0 Å². The minimum atomic E-state index is -1.15. The molecule has 0 aliphatic carbocycles. The molecule has 1 atom stereocenters. The molecule has 1 unspecified atom stereocenters. The number of allylic oxidation sites excluding steroid dienone is 1. The van der Waals surface area contributed by atoms with Gasteiger partial charge in [-0.05, 0) is 31.6 Å². The maximum atomic E-state index is 9.76. The molecule has 0 aromatic rings. The normalized spacial score (nSPS) is 14.4. The van der Waals surface area contributed by atoms with Gasteiger partial charge in [-0.15, -0.1) is 0 Å². The first-order valence-corrected chi connectivity index (χ1v) is 12.1. The van der Waals surface area contributed by atoms with Gasteiger partial charge in [-0.1, -0.05) is 58.1 Å². The van der Waals surface area contributed by atoms with Crippen molar-refractivity contribution in [3.05, 3.63) is 11.6 Å². The second-order valence-electron chi connectivity index (χ2n) is 10.2. The molecule has 7 nitrogen and oxygen atoms in total. The van der Waals surface area contributed by atoms with Crippen LogP contribution in [0.4, 0.5) is 0 Å². The van der Waals surface area contributed by atoms with E-state index in [1.807, 2.05) is 6.08 Å². The summed E-state index contributed by atoms with van der Waals surface area (Å²) in [6, 6.07) is 0. The minimum absolute atomic E-state index is 0.0147. The van der Waals surface area contributed by atoms with Gasteiger partial charge in [-0.3, -0.25) is 0 Å². The second-order valence-corrected chi connectivity index (χ2v) is 10.2. The first-order valence-electron chi connectivity index (χ1n) is 12.1. The molecule has 0 radical (unpaired) electrons. The molecule has 7 heteroatoms. The van der Waals surface area contributed by atoms with Gasteiger partial charge in [0.25, 0.3) is 0 Å². The van der Waals surface area contributed by atoms with E-state index in [-0.39, 0.29) is 33.0 Å². The van der Waals surface area contributed by atoms with Crippen LogP contribution in [0.3, 0.4) is 0 Å². The van der Waals surface area contributed by atoms with E-state index < -0.39 is 30.7 Å². The highest BCUT2D eigenvalue weighted by molar-refractivity contribution is 4.98. The van der Waals surface area contributed by atoms with Gasteiger partial charge in [-0.2, -0.15) is 0 Å². The van der Waals surface area contributed by atoms with Gasteiger partial charge in [0, 0.05) is 0 Å². The number of ether oxygens (including phenoxy) is 2. The molecular weight excluding hydrogens is 412 g/mol. The highest BCUT2D eigenvalue weighted by Gasteiger charge is 2.33. The van der Waals surface area contributed by atoms with Crippen LogP contribution < -0.4 is 0 Å². The summed E-state index contributed by atoms with van der Waals surface area (Å²) in [7, 11) is 0. The highest BCUT2D eigenvalue weighted by Crippen LogP contribution is 2.22. The molecule has 0 bridgehead atoms. The van der Waals surface area contributed by atoms with Crippen molar-refractivity contribution < 1.29 is 35.0 Å². The third-order valence-electron chi connectivity index (χ3n) is 6.20. The van der Waals surface area contributed by atoms with Gasteiger partial charge < -0.3 is 35.0 Å². The standard InChI is InChI=1S/C25H50O7/c1-21(2)7-5-8-22(3)9-6-10-23(4)11-12-31-19-25(16-29,17-30)20-32-18-24(13-26,14-27)15-28/h11,21-22,26-30H,5-10,12-20H2,1-4H3. The maximum absolute atomic E-state index is 9.76. The number of rotatable bonds is 21.